The number of anilines is 1. The average Bonchev–Trinajstić information content (AvgIpc) is 3.14. The molecule has 0 amide bonds. The van der Waals surface area contributed by atoms with E-state index in [-0.39, 0.29) is 6.10 Å². The number of hydrogen-bond acceptors (Lipinski definition) is 6. The van der Waals surface area contributed by atoms with Crippen molar-refractivity contribution in [2.45, 2.75) is 13.0 Å². The lowest BCUT2D eigenvalue weighted by molar-refractivity contribution is 0.0833. The van der Waals surface area contributed by atoms with Crippen molar-refractivity contribution in [3.8, 4) is 10.8 Å². The van der Waals surface area contributed by atoms with Crippen LogP contribution in [0.5, 0.6) is 0 Å². The number of benzene rings is 1. The summed E-state index contributed by atoms with van der Waals surface area (Å²) in [6.45, 7) is 2.50. The van der Waals surface area contributed by atoms with Crippen LogP contribution < -0.4 is 5.73 Å². The Kier molecular flexibility index (Phi) is 3.98. The van der Waals surface area contributed by atoms with Crippen LogP contribution in [0.25, 0.3) is 10.8 Å². The van der Waals surface area contributed by atoms with Crippen LogP contribution in [0.2, 0.25) is 0 Å². The van der Waals surface area contributed by atoms with Gasteiger partial charge in [0, 0.05) is 6.61 Å². The van der Waals surface area contributed by atoms with Crippen LogP contribution in [-0.2, 0) is 4.74 Å². The topological polar surface area (TPSA) is 74.2 Å². The molecule has 0 aliphatic rings. The normalized spacial score (nSPS) is 12.4. The van der Waals surface area contributed by atoms with Crippen molar-refractivity contribution in [1.82, 2.24) is 10.1 Å². The van der Waals surface area contributed by atoms with Gasteiger partial charge in [-0.15, -0.1) is 11.3 Å². The third kappa shape index (κ3) is 2.81. The molecule has 3 rings (SSSR count). The summed E-state index contributed by atoms with van der Waals surface area (Å²) in [5, 5.41) is 5.94. The highest BCUT2D eigenvalue weighted by molar-refractivity contribution is 7.14. The number of rotatable bonds is 5. The first-order valence-corrected chi connectivity index (χ1v) is 7.51. The number of hydrogen-bond donors (Lipinski definition) is 1. The standard InChI is InChI=1S/C15H15N3O2S/c1-2-19-12(10-6-4-3-5-7-10)14-17-15(20-18-14)13-11(16)8-9-21-13/h3-9,12H,2,16H2,1H3. The summed E-state index contributed by atoms with van der Waals surface area (Å²) in [4.78, 5) is 5.23. The first kappa shape index (κ1) is 13.8. The second-order valence-corrected chi connectivity index (χ2v) is 5.32. The molecule has 5 nitrogen and oxygen atoms in total. The van der Waals surface area contributed by atoms with Crippen LogP contribution >= 0.6 is 11.3 Å². The Bertz CT molecular complexity index is 709. The Hall–Kier alpha value is -2.18. The fraction of sp³-hybridized carbons (Fsp3) is 0.200. The lowest BCUT2D eigenvalue weighted by Gasteiger charge is -2.13. The molecule has 2 aromatic heterocycles. The summed E-state index contributed by atoms with van der Waals surface area (Å²) < 4.78 is 11.1. The SMILES string of the molecule is CCOC(c1ccccc1)c1noc(-c2sccc2N)n1. The first-order valence-electron chi connectivity index (χ1n) is 6.63. The van der Waals surface area contributed by atoms with Gasteiger partial charge >= 0.3 is 0 Å². The van der Waals surface area contributed by atoms with Gasteiger partial charge in [-0.2, -0.15) is 4.98 Å². The Balaban J connectivity index is 1.94. The van der Waals surface area contributed by atoms with Crippen molar-refractivity contribution in [3.63, 3.8) is 0 Å². The molecule has 1 unspecified atom stereocenters. The number of aromatic nitrogens is 2. The lowest BCUT2D eigenvalue weighted by Crippen LogP contribution is -2.07. The highest BCUT2D eigenvalue weighted by Crippen LogP contribution is 2.32. The Morgan fingerprint density at radius 1 is 1.29 bits per heavy atom. The molecular weight excluding hydrogens is 286 g/mol. The van der Waals surface area contributed by atoms with Crippen LogP contribution in [0.4, 0.5) is 5.69 Å². The number of ether oxygens (including phenoxy) is 1. The highest BCUT2D eigenvalue weighted by Gasteiger charge is 2.22. The van der Waals surface area contributed by atoms with E-state index < -0.39 is 0 Å². The number of nitrogens with two attached hydrogens (primary N) is 1. The van der Waals surface area contributed by atoms with E-state index in [4.69, 9.17) is 15.0 Å². The largest absolute Gasteiger partial charge is 0.397 e. The molecule has 6 heteroatoms. The van der Waals surface area contributed by atoms with Gasteiger partial charge in [-0.3, -0.25) is 0 Å². The molecule has 0 saturated carbocycles. The predicted octanol–water partition coefficient (Wildman–Crippen LogP) is 3.51. The monoisotopic (exact) mass is 301 g/mol. The van der Waals surface area contributed by atoms with Gasteiger partial charge in [0.1, 0.15) is 11.0 Å². The molecule has 0 aliphatic heterocycles. The van der Waals surface area contributed by atoms with Gasteiger partial charge < -0.3 is 15.0 Å². The quantitative estimate of drug-likeness (QED) is 0.780. The van der Waals surface area contributed by atoms with Gasteiger partial charge in [-0.25, -0.2) is 0 Å². The van der Waals surface area contributed by atoms with Crippen molar-refractivity contribution < 1.29 is 9.26 Å². The minimum absolute atomic E-state index is 0.338. The molecular formula is C15H15N3O2S. The molecule has 2 N–H and O–H groups in total. The average molecular weight is 301 g/mol. The second-order valence-electron chi connectivity index (χ2n) is 4.41. The van der Waals surface area contributed by atoms with Crippen LogP contribution in [0.15, 0.2) is 46.3 Å². The van der Waals surface area contributed by atoms with Crippen molar-refractivity contribution in [3.05, 3.63) is 53.2 Å². The van der Waals surface area contributed by atoms with E-state index >= 15 is 0 Å². The second kappa shape index (κ2) is 6.07. The molecule has 0 radical (unpaired) electrons. The van der Waals surface area contributed by atoms with Crippen molar-refractivity contribution in [2.24, 2.45) is 0 Å². The van der Waals surface area contributed by atoms with Gasteiger partial charge in [0.25, 0.3) is 5.89 Å². The van der Waals surface area contributed by atoms with Gasteiger partial charge in [-0.1, -0.05) is 35.5 Å². The fourth-order valence-electron chi connectivity index (χ4n) is 2.04. The zero-order chi connectivity index (χ0) is 14.7. The van der Waals surface area contributed by atoms with Crippen molar-refractivity contribution in [2.75, 3.05) is 12.3 Å². The summed E-state index contributed by atoms with van der Waals surface area (Å²) in [5.41, 5.74) is 7.51. The lowest BCUT2D eigenvalue weighted by atomic mass is 10.1. The molecule has 108 valence electrons. The molecule has 0 saturated heterocycles. The smallest absolute Gasteiger partial charge is 0.270 e. The van der Waals surface area contributed by atoms with Gasteiger partial charge in [0.05, 0.1) is 5.69 Å². The summed E-state index contributed by atoms with van der Waals surface area (Å²) in [7, 11) is 0. The maximum absolute atomic E-state index is 5.88. The van der Waals surface area contributed by atoms with E-state index in [1.54, 1.807) is 0 Å². The maximum atomic E-state index is 5.88. The van der Waals surface area contributed by atoms with Crippen LogP contribution in [0, 0.1) is 0 Å². The summed E-state index contributed by atoms with van der Waals surface area (Å²) in [6.07, 6.45) is -0.338. The maximum Gasteiger partial charge on any atom is 0.270 e. The highest BCUT2D eigenvalue weighted by atomic mass is 32.1. The first-order chi connectivity index (χ1) is 10.3. The number of nitrogens with zero attached hydrogens (tertiary/aromatic N) is 2. The van der Waals surface area contributed by atoms with E-state index in [1.807, 2.05) is 48.7 Å². The molecule has 1 aromatic carbocycles. The third-order valence-corrected chi connectivity index (χ3v) is 3.92. The molecule has 2 heterocycles. The molecule has 21 heavy (non-hydrogen) atoms. The van der Waals surface area contributed by atoms with Crippen LogP contribution in [-0.4, -0.2) is 16.7 Å². The minimum Gasteiger partial charge on any atom is -0.397 e. The molecule has 0 aliphatic carbocycles. The molecule has 0 bridgehead atoms. The third-order valence-electron chi connectivity index (χ3n) is 3.00. The summed E-state index contributed by atoms with van der Waals surface area (Å²) >= 11 is 1.47. The van der Waals surface area contributed by atoms with E-state index in [0.29, 0.717) is 24.0 Å². The number of nitrogen functional groups attached to an aromatic ring is 1. The minimum atomic E-state index is -0.338. The predicted molar refractivity (Wildman–Crippen MR) is 81.9 cm³/mol. The Morgan fingerprint density at radius 2 is 2.10 bits per heavy atom. The fourth-order valence-corrected chi connectivity index (χ4v) is 2.78. The summed E-state index contributed by atoms with van der Waals surface area (Å²) in [5.74, 6) is 0.934. The van der Waals surface area contributed by atoms with E-state index in [0.717, 1.165) is 10.4 Å². The Labute approximate surface area is 126 Å². The molecule has 0 spiro atoms. The van der Waals surface area contributed by atoms with Gasteiger partial charge in [0.15, 0.2) is 0 Å². The zero-order valence-electron chi connectivity index (χ0n) is 11.5. The molecule has 1 atom stereocenters. The van der Waals surface area contributed by atoms with E-state index in [2.05, 4.69) is 10.1 Å². The molecule has 3 aromatic rings. The van der Waals surface area contributed by atoms with Crippen molar-refractivity contribution >= 4 is 17.0 Å². The number of thiophene rings is 1. The van der Waals surface area contributed by atoms with E-state index in [1.165, 1.54) is 11.3 Å². The van der Waals surface area contributed by atoms with Crippen LogP contribution in [0.1, 0.15) is 24.4 Å². The Morgan fingerprint density at radius 3 is 2.76 bits per heavy atom. The summed E-state index contributed by atoms with van der Waals surface area (Å²) in [6, 6.07) is 11.7. The van der Waals surface area contributed by atoms with Crippen molar-refractivity contribution in [1.29, 1.82) is 0 Å². The zero-order valence-corrected chi connectivity index (χ0v) is 12.3. The van der Waals surface area contributed by atoms with Gasteiger partial charge in [-0.05, 0) is 23.9 Å². The van der Waals surface area contributed by atoms with Gasteiger partial charge in [0.2, 0.25) is 5.82 Å². The van der Waals surface area contributed by atoms with Crippen LogP contribution in [0.3, 0.4) is 0 Å². The molecule has 0 fully saturated rings. The van der Waals surface area contributed by atoms with E-state index in [9.17, 15) is 0 Å².